The Hall–Kier alpha value is -3.44. The van der Waals surface area contributed by atoms with Crippen LogP contribution in [0.5, 0.6) is 0 Å². The first kappa shape index (κ1) is 22.4. The third-order valence-corrected chi connectivity index (χ3v) is 9.18. The zero-order chi connectivity index (χ0) is 24.3. The number of nitrogens with zero attached hydrogens (tertiary/aromatic N) is 1. The molecule has 0 saturated carbocycles. The van der Waals surface area contributed by atoms with Crippen molar-refractivity contribution in [1.82, 2.24) is 0 Å². The lowest BCUT2D eigenvalue weighted by Gasteiger charge is -2.41. The maximum absolute atomic E-state index is 14.4. The van der Waals surface area contributed by atoms with Gasteiger partial charge in [-0.15, -0.1) is 0 Å². The average molecular weight is 478 g/mol. The second kappa shape index (κ2) is 7.54. The molecule has 5 rings (SSSR count). The number of para-hydroxylation sites is 2. The molecule has 2 spiro atoms. The third kappa shape index (κ3) is 2.38. The fraction of sp³-hybridized carbons (Fsp3) is 0.292. The van der Waals surface area contributed by atoms with Gasteiger partial charge in [-0.25, -0.2) is 0 Å². The van der Waals surface area contributed by atoms with Crippen LogP contribution in [0.4, 0.5) is 11.4 Å². The number of carbonyl (C=O) groups excluding carboxylic acids is 2. The smallest absolute Gasteiger partial charge is 0.360 e. The van der Waals surface area contributed by atoms with Gasteiger partial charge in [0.25, 0.3) is 0 Å². The van der Waals surface area contributed by atoms with Crippen molar-refractivity contribution < 1.29 is 23.2 Å². The molecular weight excluding hydrogens is 455 g/mol. The molecule has 1 aliphatic carbocycles. The number of anilines is 2. The van der Waals surface area contributed by atoms with Crippen molar-refractivity contribution in [2.45, 2.75) is 24.7 Å². The van der Waals surface area contributed by atoms with Crippen LogP contribution in [0, 0.1) is 17.2 Å². The van der Waals surface area contributed by atoms with E-state index in [4.69, 9.17) is 14.8 Å². The molecule has 0 bridgehead atoms. The van der Waals surface area contributed by atoms with Gasteiger partial charge in [0.15, 0.2) is 0 Å². The van der Waals surface area contributed by atoms with Crippen LogP contribution in [-0.4, -0.2) is 25.0 Å². The van der Waals surface area contributed by atoms with Gasteiger partial charge in [-0.05, 0) is 37.1 Å². The van der Waals surface area contributed by atoms with Crippen molar-refractivity contribution in [3.05, 3.63) is 70.7 Å². The van der Waals surface area contributed by atoms with Gasteiger partial charge in [-0.3, -0.25) is 14.2 Å². The molecule has 0 aromatic heterocycles. The number of allylic oxidation sites excluding steroid dienone is 1. The van der Waals surface area contributed by atoms with E-state index in [-0.39, 0.29) is 24.2 Å². The number of nitriles is 1. The molecule has 3 aliphatic rings. The Kier molecular flexibility index (Phi) is 4.96. The largest absolute Gasteiger partial charge is 0.400 e. The SMILES string of the molecule is CCOP(=O)(OCC)C1=C(N)[C@H](C#N)[C@@]2(C(=O)Nc3ccccc32)[C@@]12C(=O)Nc1ccccc12. The van der Waals surface area contributed by atoms with Gasteiger partial charge in [0.05, 0.1) is 24.6 Å². The monoisotopic (exact) mass is 478 g/mol. The van der Waals surface area contributed by atoms with Crippen LogP contribution in [0.1, 0.15) is 25.0 Å². The predicted molar refractivity (Wildman–Crippen MR) is 125 cm³/mol. The van der Waals surface area contributed by atoms with E-state index < -0.39 is 36.2 Å². The summed E-state index contributed by atoms with van der Waals surface area (Å²) in [6.07, 6.45) is 0. The van der Waals surface area contributed by atoms with Crippen LogP contribution >= 0.6 is 7.60 Å². The quantitative estimate of drug-likeness (QED) is 0.559. The van der Waals surface area contributed by atoms with E-state index in [1.54, 1.807) is 62.4 Å². The molecule has 2 heterocycles. The first-order valence-corrected chi connectivity index (χ1v) is 12.5. The first-order chi connectivity index (χ1) is 16.3. The molecule has 174 valence electrons. The summed E-state index contributed by atoms with van der Waals surface area (Å²) < 4.78 is 25.7. The Morgan fingerprint density at radius 1 is 0.971 bits per heavy atom. The molecule has 9 nitrogen and oxygen atoms in total. The highest BCUT2D eigenvalue weighted by Crippen LogP contribution is 2.76. The summed E-state index contributed by atoms with van der Waals surface area (Å²) in [5, 5.41) is 15.9. The molecule has 2 aromatic carbocycles. The number of nitrogens with two attached hydrogens (primary N) is 1. The normalized spacial score (nSPS) is 27.0. The van der Waals surface area contributed by atoms with E-state index in [9.17, 15) is 19.4 Å². The van der Waals surface area contributed by atoms with E-state index in [2.05, 4.69) is 16.7 Å². The number of carbonyl (C=O) groups is 2. The summed E-state index contributed by atoms with van der Waals surface area (Å²) in [6, 6.07) is 15.8. The van der Waals surface area contributed by atoms with Crippen molar-refractivity contribution in [2.24, 2.45) is 11.7 Å². The van der Waals surface area contributed by atoms with Gasteiger partial charge in [0, 0.05) is 17.1 Å². The van der Waals surface area contributed by atoms with E-state index in [0.717, 1.165) is 0 Å². The molecular formula is C24H23N4O5P. The number of fused-ring (bicyclic) bond motifs is 5. The average Bonchev–Trinajstić information content (AvgIpc) is 3.36. The van der Waals surface area contributed by atoms with Crippen LogP contribution in [0.3, 0.4) is 0 Å². The lowest BCUT2D eigenvalue weighted by atomic mass is 9.56. The molecule has 3 atom stereocenters. The number of hydrogen-bond acceptors (Lipinski definition) is 7. The molecule has 0 unspecified atom stereocenters. The molecule has 0 saturated heterocycles. The summed E-state index contributed by atoms with van der Waals surface area (Å²) in [5.41, 5.74) is 4.41. The van der Waals surface area contributed by atoms with Crippen LogP contribution in [-0.2, 0) is 34.0 Å². The number of nitrogens with one attached hydrogen (secondary N) is 2. The lowest BCUT2D eigenvalue weighted by Crippen LogP contribution is -2.58. The van der Waals surface area contributed by atoms with Gasteiger partial charge >= 0.3 is 7.60 Å². The van der Waals surface area contributed by atoms with Crippen molar-refractivity contribution in [3.63, 3.8) is 0 Å². The second-order valence-corrected chi connectivity index (χ2v) is 10.2. The highest BCUT2D eigenvalue weighted by molar-refractivity contribution is 7.58. The van der Waals surface area contributed by atoms with E-state index in [0.29, 0.717) is 22.5 Å². The predicted octanol–water partition coefficient (Wildman–Crippen LogP) is 3.36. The van der Waals surface area contributed by atoms with Crippen LogP contribution in [0.15, 0.2) is 59.5 Å². The maximum Gasteiger partial charge on any atom is 0.360 e. The van der Waals surface area contributed by atoms with Crippen LogP contribution in [0.2, 0.25) is 0 Å². The van der Waals surface area contributed by atoms with Gasteiger partial charge in [-0.2, -0.15) is 5.26 Å². The first-order valence-electron chi connectivity index (χ1n) is 11.0. The minimum atomic E-state index is -4.24. The molecule has 34 heavy (non-hydrogen) atoms. The van der Waals surface area contributed by atoms with Crippen molar-refractivity contribution in [1.29, 1.82) is 5.26 Å². The number of rotatable bonds is 5. The third-order valence-electron chi connectivity index (χ3n) is 6.84. The van der Waals surface area contributed by atoms with Gasteiger partial charge < -0.3 is 25.4 Å². The fourth-order valence-electron chi connectivity index (χ4n) is 5.85. The van der Waals surface area contributed by atoms with Gasteiger partial charge in [-0.1, -0.05) is 36.4 Å². The zero-order valence-electron chi connectivity index (χ0n) is 18.6. The van der Waals surface area contributed by atoms with Gasteiger partial charge in [0.2, 0.25) is 11.8 Å². The molecule has 0 radical (unpaired) electrons. The zero-order valence-corrected chi connectivity index (χ0v) is 19.5. The van der Waals surface area contributed by atoms with Gasteiger partial charge in [0.1, 0.15) is 16.7 Å². The van der Waals surface area contributed by atoms with Crippen molar-refractivity contribution in [2.75, 3.05) is 23.8 Å². The summed E-state index contributed by atoms with van der Waals surface area (Å²) in [4.78, 5) is 28.1. The Morgan fingerprint density at radius 2 is 1.50 bits per heavy atom. The number of amides is 2. The molecule has 4 N–H and O–H groups in total. The number of hydrogen-bond donors (Lipinski definition) is 3. The van der Waals surface area contributed by atoms with E-state index in [1.807, 2.05) is 0 Å². The molecule has 2 amide bonds. The van der Waals surface area contributed by atoms with Crippen LogP contribution < -0.4 is 16.4 Å². The van der Waals surface area contributed by atoms with Crippen LogP contribution in [0.25, 0.3) is 0 Å². The van der Waals surface area contributed by atoms with Crippen molar-refractivity contribution >= 4 is 30.8 Å². The Morgan fingerprint density at radius 3 is 2.09 bits per heavy atom. The Balaban J connectivity index is 1.99. The maximum atomic E-state index is 14.4. The summed E-state index contributed by atoms with van der Waals surface area (Å²) in [5.74, 6) is -2.50. The Labute approximate surface area is 196 Å². The minimum Gasteiger partial charge on any atom is -0.400 e. The molecule has 10 heteroatoms. The fourth-order valence-corrected chi connectivity index (χ4v) is 8.12. The summed E-state index contributed by atoms with van der Waals surface area (Å²) in [6.45, 7) is 3.28. The molecule has 2 aromatic rings. The molecule has 2 aliphatic heterocycles. The van der Waals surface area contributed by atoms with E-state index >= 15 is 0 Å². The minimum absolute atomic E-state index is 0.000404. The molecule has 0 fully saturated rings. The topological polar surface area (TPSA) is 144 Å². The van der Waals surface area contributed by atoms with Crippen molar-refractivity contribution in [3.8, 4) is 6.07 Å². The standard InChI is InChI=1S/C24H23N4O5P/c1-3-32-34(31,33-4-2)20-19(26)16(13-25)23(14-9-5-7-11-17(14)27-21(23)29)24(20)15-10-6-8-12-18(15)28-22(24)30/h5-12,16H,3-4,26H2,1-2H3,(H,27,29)(H,28,30)/t16-,23-,24+/m0/s1. The van der Waals surface area contributed by atoms with E-state index in [1.165, 1.54) is 0 Å². The second-order valence-electron chi connectivity index (χ2n) is 8.26. The highest BCUT2D eigenvalue weighted by atomic mass is 31.2. The highest BCUT2D eigenvalue weighted by Gasteiger charge is 2.79. The summed E-state index contributed by atoms with van der Waals surface area (Å²) >= 11 is 0. The Bertz CT molecular complexity index is 1360. The lowest BCUT2D eigenvalue weighted by molar-refractivity contribution is -0.130. The number of benzene rings is 2. The summed E-state index contributed by atoms with van der Waals surface area (Å²) in [7, 11) is -4.24.